The summed E-state index contributed by atoms with van der Waals surface area (Å²) >= 11 is 5.57. The highest BCUT2D eigenvalue weighted by atomic mass is 35.5. The molecule has 0 spiro atoms. The Morgan fingerprint density at radius 1 is 1.89 bits per heavy atom. The molecule has 0 aromatic heterocycles. The molecule has 1 rings (SSSR count). The lowest BCUT2D eigenvalue weighted by Crippen LogP contribution is -2.44. The van der Waals surface area contributed by atoms with Crippen molar-refractivity contribution in [1.82, 2.24) is 0 Å². The van der Waals surface area contributed by atoms with E-state index in [2.05, 4.69) is 0 Å². The molecule has 1 saturated carbocycles. The van der Waals surface area contributed by atoms with E-state index < -0.39 is 0 Å². The number of rotatable bonds is 2. The van der Waals surface area contributed by atoms with Gasteiger partial charge in [0.05, 0.1) is 6.10 Å². The summed E-state index contributed by atoms with van der Waals surface area (Å²) in [5.74, 6) is 0.107. The lowest BCUT2D eigenvalue weighted by atomic mass is 9.93. The van der Waals surface area contributed by atoms with Crippen molar-refractivity contribution in [2.24, 2.45) is 0 Å². The number of ether oxygens (including phenoxy) is 1. The fourth-order valence-electron chi connectivity index (χ4n) is 0.819. The molecule has 3 heteroatoms. The topological polar surface area (TPSA) is 26.3 Å². The first-order chi connectivity index (χ1) is 4.25. The van der Waals surface area contributed by atoms with E-state index in [1.54, 1.807) is 0 Å². The van der Waals surface area contributed by atoms with Gasteiger partial charge in [-0.2, -0.15) is 0 Å². The second-order valence-electron chi connectivity index (χ2n) is 2.07. The molecule has 0 bridgehead atoms. The van der Waals surface area contributed by atoms with Gasteiger partial charge in [-0.05, 0) is 6.92 Å². The fraction of sp³-hybridized carbons (Fsp3) is 0.833. The maximum atomic E-state index is 10.5. The number of ketones is 1. The van der Waals surface area contributed by atoms with E-state index in [9.17, 15) is 4.79 Å². The van der Waals surface area contributed by atoms with E-state index in [0.717, 1.165) is 0 Å². The van der Waals surface area contributed by atoms with Crippen molar-refractivity contribution in [3.63, 3.8) is 0 Å². The molecule has 0 aromatic carbocycles. The third-order valence-electron chi connectivity index (χ3n) is 1.42. The second kappa shape index (κ2) is 2.67. The van der Waals surface area contributed by atoms with E-state index in [1.165, 1.54) is 0 Å². The van der Waals surface area contributed by atoms with Gasteiger partial charge in [0.1, 0.15) is 5.38 Å². The summed E-state index contributed by atoms with van der Waals surface area (Å²) in [5, 5.41) is -0.370. The molecule has 1 aliphatic carbocycles. The van der Waals surface area contributed by atoms with Gasteiger partial charge in [0.25, 0.3) is 0 Å². The van der Waals surface area contributed by atoms with Crippen LogP contribution in [0.5, 0.6) is 0 Å². The highest BCUT2D eigenvalue weighted by Crippen LogP contribution is 2.24. The first-order valence-electron chi connectivity index (χ1n) is 3.04. The van der Waals surface area contributed by atoms with Gasteiger partial charge >= 0.3 is 0 Å². The minimum absolute atomic E-state index is 0.0100. The molecule has 0 heterocycles. The number of hydrogen-bond acceptors (Lipinski definition) is 2. The molecule has 0 aromatic rings. The standard InChI is InChI=1S/C6H9ClO2/c1-2-9-5-3-4(8)6(5)7/h5-6H,2-3H2,1H3. The first-order valence-corrected chi connectivity index (χ1v) is 3.47. The number of carbonyl (C=O) groups excluding carboxylic acids is 1. The zero-order valence-electron chi connectivity index (χ0n) is 5.26. The van der Waals surface area contributed by atoms with Crippen LogP contribution in [0.1, 0.15) is 13.3 Å². The van der Waals surface area contributed by atoms with Crippen LogP contribution >= 0.6 is 11.6 Å². The minimum Gasteiger partial charge on any atom is -0.376 e. The third-order valence-corrected chi connectivity index (χ3v) is 1.94. The summed E-state index contributed by atoms with van der Waals surface area (Å²) in [4.78, 5) is 10.5. The van der Waals surface area contributed by atoms with Gasteiger partial charge in [0.15, 0.2) is 5.78 Å². The molecular weight excluding hydrogens is 140 g/mol. The number of carbonyl (C=O) groups is 1. The van der Waals surface area contributed by atoms with E-state index in [0.29, 0.717) is 13.0 Å². The first kappa shape index (κ1) is 7.03. The van der Waals surface area contributed by atoms with Gasteiger partial charge in [-0.25, -0.2) is 0 Å². The molecule has 0 amide bonds. The molecule has 0 aliphatic heterocycles. The van der Waals surface area contributed by atoms with Crippen molar-refractivity contribution < 1.29 is 9.53 Å². The molecule has 9 heavy (non-hydrogen) atoms. The average Bonchev–Trinajstić information content (AvgIpc) is 1.88. The van der Waals surface area contributed by atoms with Gasteiger partial charge < -0.3 is 4.74 Å². The molecule has 1 fully saturated rings. The van der Waals surface area contributed by atoms with Gasteiger partial charge in [-0.15, -0.1) is 11.6 Å². The smallest absolute Gasteiger partial charge is 0.156 e. The maximum absolute atomic E-state index is 10.5. The molecule has 2 atom stereocenters. The zero-order chi connectivity index (χ0) is 6.85. The van der Waals surface area contributed by atoms with Crippen LogP contribution in [0, 0.1) is 0 Å². The van der Waals surface area contributed by atoms with Crippen LogP contribution in [0.25, 0.3) is 0 Å². The summed E-state index contributed by atoms with van der Waals surface area (Å²) in [5.41, 5.74) is 0. The lowest BCUT2D eigenvalue weighted by Gasteiger charge is -2.29. The SMILES string of the molecule is CCOC1CC(=O)C1Cl. The molecule has 1 aliphatic rings. The Kier molecular flexibility index (Phi) is 2.09. The van der Waals surface area contributed by atoms with Gasteiger partial charge in [-0.3, -0.25) is 4.79 Å². The summed E-state index contributed by atoms with van der Waals surface area (Å²) in [6.07, 6.45) is 0.492. The predicted octanol–water partition coefficient (Wildman–Crippen LogP) is 0.972. The van der Waals surface area contributed by atoms with Crippen molar-refractivity contribution in [1.29, 1.82) is 0 Å². The van der Waals surface area contributed by atoms with Crippen molar-refractivity contribution in [3.8, 4) is 0 Å². The molecular formula is C6H9ClO2. The summed E-state index contributed by atoms with van der Waals surface area (Å²) < 4.78 is 5.11. The van der Waals surface area contributed by atoms with Gasteiger partial charge in [0, 0.05) is 13.0 Å². The van der Waals surface area contributed by atoms with E-state index in [1.807, 2.05) is 6.92 Å². The highest BCUT2D eigenvalue weighted by Gasteiger charge is 2.38. The highest BCUT2D eigenvalue weighted by molar-refractivity contribution is 6.34. The Morgan fingerprint density at radius 2 is 2.56 bits per heavy atom. The van der Waals surface area contributed by atoms with Crippen molar-refractivity contribution in [2.75, 3.05) is 6.61 Å². The van der Waals surface area contributed by atoms with Crippen LogP contribution in [0.2, 0.25) is 0 Å². The molecule has 0 saturated heterocycles. The van der Waals surface area contributed by atoms with Crippen LogP contribution in [-0.4, -0.2) is 23.9 Å². The fourth-order valence-corrected chi connectivity index (χ4v) is 1.07. The third kappa shape index (κ3) is 1.25. The predicted molar refractivity (Wildman–Crippen MR) is 34.7 cm³/mol. The minimum atomic E-state index is -0.370. The van der Waals surface area contributed by atoms with Gasteiger partial charge in [-0.1, -0.05) is 0 Å². The molecule has 2 unspecified atom stereocenters. The Balaban J connectivity index is 2.25. The Labute approximate surface area is 59.1 Å². The Morgan fingerprint density at radius 3 is 2.89 bits per heavy atom. The van der Waals surface area contributed by atoms with Crippen LogP contribution < -0.4 is 0 Å². The average molecular weight is 149 g/mol. The largest absolute Gasteiger partial charge is 0.376 e. The lowest BCUT2D eigenvalue weighted by molar-refractivity contribution is -0.132. The summed E-state index contributed by atoms with van der Waals surface area (Å²) in [6, 6.07) is 0. The normalized spacial score (nSPS) is 34.2. The number of halogens is 1. The summed E-state index contributed by atoms with van der Waals surface area (Å²) in [6.45, 7) is 2.54. The van der Waals surface area contributed by atoms with Crippen molar-refractivity contribution in [2.45, 2.75) is 24.8 Å². The number of hydrogen-bond donors (Lipinski definition) is 0. The van der Waals surface area contributed by atoms with Gasteiger partial charge in [0.2, 0.25) is 0 Å². The van der Waals surface area contributed by atoms with Crippen molar-refractivity contribution >= 4 is 17.4 Å². The van der Waals surface area contributed by atoms with Crippen molar-refractivity contribution in [3.05, 3.63) is 0 Å². The van der Waals surface area contributed by atoms with E-state index in [4.69, 9.17) is 16.3 Å². The quantitative estimate of drug-likeness (QED) is 0.546. The number of alkyl halides is 1. The summed E-state index contributed by atoms with van der Waals surface area (Å²) in [7, 11) is 0. The van der Waals surface area contributed by atoms with E-state index >= 15 is 0 Å². The van der Waals surface area contributed by atoms with Crippen LogP contribution in [0.4, 0.5) is 0 Å². The monoisotopic (exact) mass is 148 g/mol. The Bertz CT molecular complexity index is 124. The number of Topliss-reactive ketones (excluding diaryl/α,β-unsaturated/α-hetero) is 1. The second-order valence-corrected chi connectivity index (χ2v) is 2.54. The van der Waals surface area contributed by atoms with Crippen LogP contribution in [-0.2, 0) is 9.53 Å². The van der Waals surface area contributed by atoms with Crippen LogP contribution in [0.15, 0.2) is 0 Å². The zero-order valence-corrected chi connectivity index (χ0v) is 6.02. The molecule has 0 radical (unpaired) electrons. The van der Waals surface area contributed by atoms with E-state index in [-0.39, 0.29) is 17.3 Å². The maximum Gasteiger partial charge on any atom is 0.156 e. The molecule has 0 N–H and O–H groups in total. The molecule has 52 valence electrons. The molecule has 2 nitrogen and oxygen atoms in total. The van der Waals surface area contributed by atoms with Crippen LogP contribution in [0.3, 0.4) is 0 Å². The Hall–Kier alpha value is -0.0800.